The average molecular weight is 282 g/mol. The highest BCUT2D eigenvalue weighted by Crippen LogP contribution is 2.30. The molecular formula is C15H10N2O4. The van der Waals surface area contributed by atoms with Crippen LogP contribution < -0.4 is 4.74 Å². The van der Waals surface area contributed by atoms with Crippen LogP contribution in [0.15, 0.2) is 42.6 Å². The summed E-state index contributed by atoms with van der Waals surface area (Å²) in [6, 6.07) is 10.8. The molecule has 0 saturated heterocycles. The number of fused-ring (bicyclic) bond motifs is 1. The van der Waals surface area contributed by atoms with E-state index in [0.717, 1.165) is 17.0 Å². The Kier molecular flexibility index (Phi) is 3.12. The average Bonchev–Trinajstić information content (AvgIpc) is 2.95. The van der Waals surface area contributed by atoms with E-state index in [2.05, 4.69) is 10.2 Å². The number of carboxylic acid groups (broad SMARTS) is 1. The first-order chi connectivity index (χ1) is 10.2. The Labute approximate surface area is 119 Å². The Morgan fingerprint density at radius 2 is 2.05 bits per heavy atom. The summed E-state index contributed by atoms with van der Waals surface area (Å²) in [6.07, 6.45) is 1.84. The standard InChI is InChI=1S/C15H10N2O4/c18-8-12-10-4-2-1-3-9(10)5-6-13(12)21-14-11(15(19)20)7-16-17-14/h1-8H,(H,16,17)(H,19,20). The molecule has 0 aliphatic carbocycles. The van der Waals surface area contributed by atoms with Gasteiger partial charge in [0.2, 0.25) is 5.88 Å². The minimum atomic E-state index is -1.16. The van der Waals surface area contributed by atoms with Gasteiger partial charge in [-0.25, -0.2) is 9.89 Å². The van der Waals surface area contributed by atoms with Crippen LogP contribution in [0, 0.1) is 0 Å². The zero-order valence-corrected chi connectivity index (χ0v) is 10.7. The molecule has 0 spiro atoms. The van der Waals surface area contributed by atoms with Crippen LogP contribution >= 0.6 is 0 Å². The van der Waals surface area contributed by atoms with E-state index in [1.54, 1.807) is 18.2 Å². The van der Waals surface area contributed by atoms with Crippen molar-refractivity contribution in [2.45, 2.75) is 0 Å². The molecule has 0 atom stereocenters. The Morgan fingerprint density at radius 1 is 1.24 bits per heavy atom. The van der Waals surface area contributed by atoms with Gasteiger partial charge in [-0.05, 0) is 16.8 Å². The summed E-state index contributed by atoms with van der Waals surface area (Å²) in [7, 11) is 0. The van der Waals surface area contributed by atoms with Crippen LogP contribution in [0.2, 0.25) is 0 Å². The third-order valence-corrected chi connectivity index (χ3v) is 3.10. The summed E-state index contributed by atoms with van der Waals surface area (Å²) in [4.78, 5) is 22.4. The maximum atomic E-state index is 11.4. The smallest absolute Gasteiger partial charge is 0.342 e. The second kappa shape index (κ2) is 5.09. The van der Waals surface area contributed by atoms with Crippen molar-refractivity contribution in [2.75, 3.05) is 0 Å². The predicted molar refractivity (Wildman–Crippen MR) is 75.0 cm³/mol. The van der Waals surface area contributed by atoms with Crippen LogP contribution in [-0.2, 0) is 0 Å². The number of aldehydes is 1. The molecule has 0 bridgehead atoms. The highest BCUT2D eigenvalue weighted by atomic mass is 16.5. The molecule has 0 aliphatic rings. The number of ether oxygens (including phenoxy) is 1. The van der Waals surface area contributed by atoms with E-state index in [1.807, 2.05) is 18.2 Å². The molecule has 3 rings (SSSR count). The van der Waals surface area contributed by atoms with Gasteiger partial charge in [0.25, 0.3) is 0 Å². The van der Waals surface area contributed by atoms with Gasteiger partial charge in [-0.2, -0.15) is 5.10 Å². The predicted octanol–water partition coefficient (Wildman–Crippen LogP) is 2.87. The molecule has 6 heteroatoms. The summed E-state index contributed by atoms with van der Waals surface area (Å²) < 4.78 is 5.51. The van der Waals surface area contributed by atoms with Crippen molar-refractivity contribution < 1.29 is 19.4 Å². The zero-order chi connectivity index (χ0) is 14.8. The number of aromatic carboxylic acids is 1. The summed E-state index contributed by atoms with van der Waals surface area (Å²) in [5.74, 6) is -0.900. The van der Waals surface area contributed by atoms with Crippen LogP contribution in [0.25, 0.3) is 10.8 Å². The summed E-state index contributed by atoms with van der Waals surface area (Å²) >= 11 is 0. The van der Waals surface area contributed by atoms with Gasteiger partial charge in [0, 0.05) is 0 Å². The molecule has 0 amide bonds. The van der Waals surface area contributed by atoms with E-state index in [0.29, 0.717) is 11.8 Å². The van der Waals surface area contributed by atoms with E-state index in [4.69, 9.17) is 9.84 Å². The van der Waals surface area contributed by atoms with Crippen LogP contribution in [0.3, 0.4) is 0 Å². The van der Waals surface area contributed by atoms with Crippen molar-refractivity contribution in [3.8, 4) is 11.6 Å². The van der Waals surface area contributed by atoms with E-state index in [9.17, 15) is 9.59 Å². The topological polar surface area (TPSA) is 92.3 Å². The fourth-order valence-electron chi connectivity index (χ4n) is 2.10. The fourth-order valence-corrected chi connectivity index (χ4v) is 2.10. The molecule has 1 aromatic heterocycles. The number of aromatic amines is 1. The van der Waals surface area contributed by atoms with Gasteiger partial charge in [-0.15, -0.1) is 0 Å². The summed E-state index contributed by atoms with van der Waals surface area (Å²) in [5, 5.41) is 16.8. The zero-order valence-electron chi connectivity index (χ0n) is 10.7. The molecular weight excluding hydrogens is 272 g/mol. The Balaban J connectivity index is 2.10. The van der Waals surface area contributed by atoms with Crippen molar-refractivity contribution in [1.82, 2.24) is 10.2 Å². The molecule has 2 N–H and O–H groups in total. The Bertz CT molecular complexity index is 839. The Hall–Kier alpha value is -3.15. The second-order valence-electron chi connectivity index (χ2n) is 4.34. The van der Waals surface area contributed by atoms with Crippen molar-refractivity contribution in [3.05, 3.63) is 53.7 Å². The minimum absolute atomic E-state index is 0.0131. The molecule has 104 valence electrons. The number of carbonyl (C=O) groups excluding carboxylic acids is 1. The number of hydrogen-bond donors (Lipinski definition) is 2. The Morgan fingerprint density at radius 3 is 2.81 bits per heavy atom. The van der Waals surface area contributed by atoms with Crippen LogP contribution in [0.5, 0.6) is 11.6 Å². The van der Waals surface area contributed by atoms with Crippen molar-refractivity contribution in [3.63, 3.8) is 0 Å². The monoisotopic (exact) mass is 282 g/mol. The number of nitrogens with one attached hydrogen (secondary N) is 1. The SMILES string of the molecule is O=Cc1c(Oc2[nH]ncc2C(=O)O)ccc2ccccc12. The van der Waals surface area contributed by atoms with Crippen molar-refractivity contribution >= 4 is 23.0 Å². The van der Waals surface area contributed by atoms with Gasteiger partial charge in [-0.3, -0.25) is 4.79 Å². The van der Waals surface area contributed by atoms with E-state index >= 15 is 0 Å². The second-order valence-corrected chi connectivity index (χ2v) is 4.34. The van der Waals surface area contributed by atoms with Crippen LogP contribution in [0.1, 0.15) is 20.7 Å². The van der Waals surface area contributed by atoms with E-state index in [-0.39, 0.29) is 17.2 Å². The number of benzene rings is 2. The first-order valence-electron chi connectivity index (χ1n) is 6.12. The number of nitrogens with zero attached hydrogens (tertiary/aromatic N) is 1. The van der Waals surface area contributed by atoms with Gasteiger partial charge in [0.15, 0.2) is 6.29 Å². The highest BCUT2D eigenvalue weighted by Gasteiger charge is 2.16. The third-order valence-electron chi connectivity index (χ3n) is 3.10. The molecule has 0 unspecified atom stereocenters. The maximum Gasteiger partial charge on any atom is 0.342 e. The number of H-pyrrole nitrogens is 1. The van der Waals surface area contributed by atoms with Crippen LogP contribution in [0.4, 0.5) is 0 Å². The largest absolute Gasteiger partial charge is 0.477 e. The first-order valence-corrected chi connectivity index (χ1v) is 6.12. The molecule has 2 aromatic carbocycles. The molecule has 0 saturated carbocycles. The van der Waals surface area contributed by atoms with Gasteiger partial charge >= 0.3 is 5.97 Å². The number of aromatic nitrogens is 2. The first kappa shape index (κ1) is 12.9. The molecule has 0 fully saturated rings. The molecule has 1 heterocycles. The van der Waals surface area contributed by atoms with Gasteiger partial charge in [-0.1, -0.05) is 30.3 Å². The lowest BCUT2D eigenvalue weighted by atomic mass is 10.0. The quantitative estimate of drug-likeness (QED) is 0.718. The molecule has 0 radical (unpaired) electrons. The number of hydrogen-bond acceptors (Lipinski definition) is 4. The molecule has 6 nitrogen and oxygen atoms in total. The normalized spacial score (nSPS) is 10.5. The minimum Gasteiger partial charge on any atom is -0.477 e. The lowest BCUT2D eigenvalue weighted by molar-refractivity contribution is 0.0694. The number of rotatable bonds is 4. The van der Waals surface area contributed by atoms with Gasteiger partial charge in [0.05, 0.1) is 11.8 Å². The number of carbonyl (C=O) groups is 2. The molecule has 0 aliphatic heterocycles. The maximum absolute atomic E-state index is 11.4. The summed E-state index contributed by atoms with van der Waals surface area (Å²) in [6.45, 7) is 0. The van der Waals surface area contributed by atoms with Crippen molar-refractivity contribution in [1.29, 1.82) is 0 Å². The molecule has 21 heavy (non-hydrogen) atoms. The summed E-state index contributed by atoms with van der Waals surface area (Å²) in [5.41, 5.74) is 0.263. The van der Waals surface area contributed by atoms with Gasteiger partial charge < -0.3 is 9.84 Å². The lowest BCUT2D eigenvalue weighted by Crippen LogP contribution is -1.99. The van der Waals surface area contributed by atoms with E-state index < -0.39 is 5.97 Å². The lowest BCUT2D eigenvalue weighted by Gasteiger charge is -2.09. The third kappa shape index (κ3) is 2.23. The molecule has 3 aromatic rings. The highest BCUT2D eigenvalue weighted by molar-refractivity contribution is 6.01. The van der Waals surface area contributed by atoms with Crippen molar-refractivity contribution in [2.24, 2.45) is 0 Å². The van der Waals surface area contributed by atoms with Gasteiger partial charge in [0.1, 0.15) is 11.3 Å². The fraction of sp³-hybridized carbons (Fsp3) is 0. The van der Waals surface area contributed by atoms with E-state index in [1.165, 1.54) is 0 Å². The van der Waals surface area contributed by atoms with Crippen LogP contribution in [-0.4, -0.2) is 27.6 Å². The number of carboxylic acids is 1.